The van der Waals surface area contributed by atoms with Gasteiger partial charge in [0, 0.05) is 25.7 Å². The number of carbonyl (C=O) groups excluding carboxylic acids is 2. The third-order valence-electron chi connectivity index (χ3n) is 3.99. The second-order valence-corrected chi connectivity index (χ2v) is 6.30. The van der Waals surface area contributed by atoms with E-state index in [4.69, 9.17) is 0 Å². The third-order valence-corrected chi connectivity index (χ3v) is 3.99. The van der Waals surface area contributed by atoms with Gasteiger partial charge in [0.25, 0.3) is 0 Å². The van der Waals surface area contributed by atoms with E-state index < -0.39 is 0 Å². The van der Waals surface area contributed by atoms with Crippen LogP contribution in [0.25, 0.3) is 0 Å². The van der Waals surface area contributed by atoms with Crippen LogP contribution in [-0.4, -0.2) is 39.2 Å². The van der Waals surface area contributed by atoms with Crippen molar-refractivity contribution in [2.24, 2.45) is 0 Å². The zero-order chi connectivity index (χ0) is 18.2. The molecule has 25 heavy (non-hydrogen) atoms. The number of benzene rings is 1. The number of carbonyl (C=O) groups is 2. The van der Waals surface area contributed by atoms with E-state index in [9.17, 15) is 9.59 Å². The molecule has 1 aromatic carbocycles. The van der Waals surface area contributed by atoms with Gasteiger partial charge in [0.15, 0.2) is 0 Å². The second kappa shape index (κ2) is 8.97. The first-order chi connectivity index (χ1) is 12.0. The van der Waals surface area contributed by atoms with Gasteiger partial charge in [0.1, 0.15) is 6.54 Å². The van der Waals surface area contributed by atoms with Crippen LogP contribution in [0.15, 0.2) is 54.7 Å². The smallest absolute Gasteiger partial charge is 0.242 e. The molecule has 0 saturated heterocycles. The van der Waals surface area contributed by atoms with Gasteiger partial charge < -0.3 is 9.80 Å². The van der Waals surface area contributed by atoms with Gasteiger partial charge in [-0.2, -0.15) is 0 Å². The minimum absolute atomic E-state index is 0.0522. The van der Waals surface area contributed by atoms with Gasteiger partial charge in [-0.15, -0.1) is 0 Å². The number of hydrogen-bond acceptors (Lipinski definition) is 3. The Morgan fingerprint density at radius 1 is 1.00 bits per heavy atom. The first-order valence-corrected chi connectivity index (χ1v) is 8.46. The lowest BCUT2D eigenvalue weighted by atomic mass is 10.2. The fourth-order valence-electron chi connectivity index (χ4n) is 2.56. The van der Waals surface area contributed by atoms with Crippen molar-refractivity contribution in [1.82, 2.24) is 14.8 Å². The molecule has 0 spiro atoms. The highest BCUT2D eigenvalue weighted by molar-refractivity contribution is 5.84. The van der Waals surface area contributed by atoms with Gasteiger partial charge in [-0.05, 0) is 31.5 Å². The van der Waals surface area contributed by atoms with Crippen molar-refractivity contribution in [2.45, 2.75) is 39.9 Å². The molecule has 1 aromatic heterocycles. The van der Waals surface area contributed by atoms with E-state index in [1.165, 1.54) is 11.8 Å². The molecule has 0 radical (unpaired) electrons. The van der Waals surface area contributed by atoms with Crippen LogP contribution in [0.2, 0.25) is 0 Å². The molecule has 5 heteroatoms. The first kappa shape index (κ1) is 18.6. The summed E-state index contributed by atoms with van der Waals surface area (Å²) in [5, 5.41) is 0. The normalized spacial score (nSPS) is 10.6. The van der Waals surface area contributed by atoms with Crippen molar-refractivity contribution >= 4 is 11.8 Å². The lowest BCUT2D eigenvalue weighted by Gasteiger charge is -2.30. The number of hydrogen-bond donors (Lipinski definition) is 0. The molecule has 0 fully saturated rings. The predicted molar refractivity (Wildman–Crippen MR) is 97.5 cm³/mol. The van der Waals surface area contributed by atoms with E-state index in [-0.39, 0.29) is 24.4 Å². The highest BCUT2D eigenvalue weighted by atomic mass is 16.2. The molecular weight excluding hydrogens is 314 g/mol. The lowest BCUT2D eigenvalue weighted by Crippen LogP contribution is -2.44. The monoisotopic (exact) mass is 339 g/mol. The molecule has 0 aliphatic carbocycles. The summed E-state index contributed by atoms with van der Waals surface area (Å²) in [7, 11) is 0. The van der Waals surface area contributed by atoms with Crippen LogP contribution >= 0.6 is 0 Å². The summed E-state index contributed by atoms with van der Waals surface area (Å²) >= 11 is 0. The second-order valence-electron chi connectivity index (χ2n) is 6.30. The molecule has 0 saturated carbocycles. The van der Waals surface area contributed by atoms with E-state index in [1.807, 2.05) is 62.4 Å². The molecule has 2 amide bonds. The van der Waals surface area contributed by atoms with Crippen LogP contribution in [-0.2, 0) is 22.7 Å². The SMILES string of the molecule is CC(=O)N(CC(=O)N(Cc1ccccc1)C(C)C)Cc1ccccn1. The van der Waals surface area contributed by atoms with Gasteiger partial charge >= 0.3 is 0 Å². The van der Waals surface area contributed by atoms with E-state index in [2.05, 4.69) is 4.98 Å². The predicted octanol–water partition coefficient (Wildman–Crippen LogP) is 2.87. The Labute approximate surface area is 149 Å². The Morgan fingerprint density at radius 2 is 1.68 bits per heavy atom. The number of aromatic nitrogens is 1. The van der Waals surface area contributed by atoms with Crippen molar-refractivity contribution < 1.29 is 9.59 Å². The molecular formula is C20H25N3O2. The van der Waals surface area contributed by atoms with Gasteiger partial charge in [0.2, 0.25) is 11.8 Å². The molecule has 0 aliphatic rings. The Balaban J connectivity index is 2.07. The van der Waals surface area contributed by atoms with Crippen LogP contribution < -0.4 is 0 Å². The Bertz CT molecular complexity index is 687. The maximum Gasteiger partial charge on any atom is 0.242 e. The first-order valence-electron chi connectivity index (χ1n) is 8.46. The summed E-state index contributed by atoms with van der Waals surface area (Å²) < 4.78 is 0. The van der Waals surface area contributed by atoms with Crippen molar-refractivity contribution in [3.05, 3.63) is 66.0 Å². The molecule has 5 nitrogen and oxygen atoms in total. The molecule has 0 atom stereocenters. The van der Waals surface area contributed by atoms with Gasteiger partial charge in [-0.25, -0.2) is 0 Å². The van der Waals surface area contributed by atoms with Crippen molar-refractivity contribution in [3.63, 3.8) is 0 Å². The van der Waals surface area contributed by atoms with E-state index in [0.717, 1.165) is 11.3 Å². The summed E-state index contributed by atoms with van der Waals surface area (Å²) in [6.45, 7) is 6.37. The van der Waals surface area contributed by atoms with E-state index >= 15 is 0 Å². The molecule has 0 aliphatic heterocycles. The number of nitrogens with zero attached hydrogens (tertiary/aromatic N) is 3. The van der Waals surface area contributed by atoms with Crippen LogP contribution in [0.3, 0.4) is 0 Å². The standard InChI is InChI=1S/C20H25N3O2/c1-16(2)23(13-18-9-5-4-6-10-18)20(25)15-22(17(3)24)14-19-11-7-8-12-21-19/h4-12,16H,13-15H2,1-3H3. The molecule has 2 rings (SSSR count). The van der Waals surface area contributed by atoms with Crippen LogP contribution in [0.5, 0.6) is 0 Å². The lowest BCUT2D eigenvalue weighted by molar-refractivity contribution is -0.141. The summed E-state index contributed by atoms with van der Waals surface area (Å²) in [6.07, 6.45) is 1.69. The third kappa shape index (κ3) is 5.71. The highest BCUT2D eigenvalue weighted by Crippen LogP contribution is 2.10. The summed E-state index contributed by atoms with van der Waals surface area (Å²) in [4.78, 5) is 32.3. The molecule has 0 unspecified atom stereocenters. The van der Waals surface area contributed by atoms with Crippen LogP contribution in [0.1, 0.15) is 32.0 Å². The Kier molecular flexibility index (Phi) is 6.69. The topological polar surface area (TPSA) is 53.5 Å². The fourth-order valence-corrected chi connectivity index (χ4v) is 2.56. The Morgan fingerprint density at radius 3 is 2.24 bits per heavy atom. The average molecular weight is 339 g/mol. The van der Waals surface area contributed by atoms with Crippen LogP contribution in [0.4, 0.5) is 0 Å². The van der Waals surface area contributed by atoms with Crippen molar-refractivity contribution in [2.75, 3.05) is 6.54 Å². The zero-order valence-corrected chi connectivity index (χ0v) is 15.1. The van der Waals surface area contributed by atoms with Gasteiger partial charge in [-0.3, -0.25) is 14.6 Å². The van der Waals surface area contributed by atoms with Gasteiger partial charge in [0.05, 0.1) is 12.2 Å². The maximum absolute atomic E-state index is 12.8. The minimum Gasteiger partial charge on any atom is -0.334 e. The summed E-state index contributed by atoms with van der Waals surface area (Å²) in [6, 6.07) is 15.5. The number of amides is 2. The molecule has 132 valence electrons. The molecule has 0 N–H and O–H groups in total. The largest absolute Gasteiger partial charge is 0.334 e. The quantitative estimate of drug-likeness (QED) is 0.779. The number of pyridine rings is 1. The molecule has 1 heterocycles. The molecule has 2 aromatic rings. The summed E-state index contributed by atoms with van der Waals surface area (Å²) in [5.41, 5.74) is 1.84. The van der Waals surface area contributed by atoms with Crippen molar-refractivity contribution in [3.8, 4) is 0 Å². The minimum atomic E-state index is -0.137. The average Bonchev–Trinajstić information content (AvgIpc) is 2.60. The van der Waals surface area contributed by atoms with Gasteiger partial charge in [-0.1, -0.05) is 36.4 Å². The van der Waals surface area contributed by atoms with Crippen LogP contribution in [0, 0.1) is 0 Å². The van der Waals surface area contributed by atoms with Crippen molar-refractivity contribution in [1.29, 1.82) is 0 Å². The molecule has 0 bridgehead atoms. The zero-order valence-electron chi connectivity index (χ0n) is 15.1. The number of rotatable bonds is 7. The van der Waals surface area contributed by atoms with E-state index in [0.29, 0.717) is 13.1 Å². The van der Waals surface area contributed by atoms with E-state index in [1.54, 1.807) is 11.1 Å². The maximum atomic E-state index is 12.8. The fraction of sp³-hybridized carbons (Fsp3) is 0.350. The highest BCUT2D eigenvalue weighted by Gasteiger charge is 2.22. The summed E-state index contributed by atoms with van der Waals surface area (Å²) in [5.74, 6) is -0.201. The Hall–Kier alpha value is -2.69.